The van der Waals surface area contributed by atoms with Crippen molar-refractivity contribution in [3.8, 4) is 11.5 Å². The Bertz CT molecular complexity index is 759. The summed E-state index contributed by atoms with van der Waals surface area (Å²) in [6.07, 6.45) is 0.968. The number of carbonyl (C=O) groups is 2. The molecule has 0 saturated carbocycles. The molecule has 0 fully saturated rings. The van der Waals surface area contributed by atoms with Crippen molar-refractivity contribution < 1.29 is 19.1 Å². The van der Waals surface area contributed by atoms with Crippen molar-refractivity contribution in [1.82, 2.24) is 4.90 Å². The van der Waals surface area contributed by atoms with Gasteiger partial charge in [-0.25, -0.2) is 0 Å². The Kier molecular flexibility index (Phi) is 7.67. The molecule has 2 amide bonds. The van der Waals surface area contributed by atoms with Gasteiger partial charge in [-0.1, -0.05) is 24.3 Å². The standard InChI is InChI=1S/C21H26N2O4/c1-4-23(15-20(24)22-18-7-5-6-8-19(18)27-3)21(25)14-11-16-9-12-17(26-2)13-10-16/h5-10,12-13H,4,11,14-15H2,1-3H3,(H,22,24). The summed E-state index contributed by atoms with van der Waals surface area (Å²) in [5.41, 5.74) is 1.64. The summed E-state index contributed by atoms with van der Waals surface area (Å²) in [7, 11) is 3.17. The number of methoxy groups -OCH3 is 2. The van der Waals surface area contributed by atoms with Gasteiger partial charge < -0.3 is 19.7 Å². The molecule has 0 aliphatic heterocycles. The molecular formula is C21H26N2O4. The fourth-order valence-corrected chi connectivity index (χ4v) is 2.69. The number of carbonyl (C=O) groups excluding carboxylic acids is 2. The number of rotatable bonds is 9. The average Bonchev–Trinajstić information content (AvgIpc) is 2.71. The van der Waals surface area contributed by atoms with Crippen LogP contribution in [0.15, 0.2) is 48.5 Å². The lowest BCUT2D eigenvalue weighted by atomic mass is 10.1. The van der Waals surface area contributed by atoms with Crippen LogP contribution in [0.4, 0.5) is 5.69 Å². The number of hydrogen-bond donors (Lipinski definition) is 1. The van der Waals surface area contributed by atoms with Crippen molar-refractivity contribution in [2.75, 3.05) is 32.6 Å². The van der Waals surface area contributed by atoms with Gasteiger partial charge in [-0.2, -0.15) is 0 Å². The second-order valence-electron chi connectivity index (χ2n) is 6.00. The number of hydrogen-bond acceptors (Lipinski definition) is 4. The molecule has 2 rings (SSSR count). The minimum Gasteiger partial charge on any atom is -0.497 e. The number of anilines is 1. The van der Waals surface area contributed by atoms with Crippen molar-refractivity contribution in [3.63, 3.8) is 0 Å². The summed E-state index contributed by atoms with van der Waals surface area (Å²) in [5, 5.41) is 2.80. The summed E-state index contributed by atoms with van der Waals surface area (Å²) < 4.78 is 10.4. The van der Waals surface area contributed by atoms with Gasteiger partial charge in [0.1, 0.15) is 11.5 Å². The monoisotopic (exact) mass is 370 g/mol. The van der Waals surface area contributed by atoms with Crippen molar-refractivity contribution in [2.24, 2.45) is 0 Å². The van der Waals surface area contributed by atoms with Crippen molar-refractivity contribution >= 4 is 17.5 Å². The number of benzene rings is 2. The summed E-state index contributed by atoms with van der Waals surface area (Å²) >= 11 is 0. The molecule has 1 N–H and O–H groups in total. The molecule has 0 bridgehead atoms. The first kappa shape index (κ1) is 20.3. The smallest absolute Gasteiger partial charge is 0.244 e. The van der Waals surface area contributed by atoms with Gasteiger partial charge in [-0.05, 0) is 43.2 Å². The van der Waals surface area contributed by atoms with Crippen LogP contribution < -0.4 is 14.8 Å². The highest BCUT2D eigenvalue weighted by Crippen LogP contribution is 2.22. The van der Waals surface area contributed by atoms with Crippen LogP contribution in [0, 0.1) is 0 Å². The second-order valence-corrected chi connectivity index (χ2v) is 6.00. The molecule has 0 spiro atoms. The zero-order chi connectivity index (χ0) is 19.6. The molecule has 6 heteroatoms. The Morgan fingerprint density at radius 3 is 2.33 bits per heavy atom. The zero-order valence-corrected chi connectivity index (χ0v) is 16.0. The third-order valence-corrected chi connectivity index (χ3v) is 4.24. The minimum absolute atomic E-state index is 0.00992. The molecule has 0 heterocycles. The number of aryl methyl sites for hydroxylation is 1. The Hall–Kier alpha value is -3.02. The van der Waals surface area contributed by atoms with Gasteiger partial charge in [-0.3, -0.25) is 9.59 Å². The van der Waals surface area contributed by atoms with Gasteiger partial charge in [0.05, 0.1) is 26.5 Å². The lowest BCUT2D eigenvalue weighted by Gasteiger charge is -2.21. The highest BCUT2D eigenvalue weighted by molar-refractivity contribution is 5.95. The van der Waals surface area contributed by atoms with E-state index in [4.69, 9.17) is 9.47 Å². The molecule has 27 heavy (non-hydrogen) atoms. The number of ether oxygens (including phenoxy) is 2. The predicted molar refractivity (Wildman–Crippen MR) is 105 cm³/mol. The first-order valence-corrected chi connectivity index (χ1v) is 8.91. The van der Waals surface area contributed by atoms with Gasteiger partial charge in [0.15, 0.2) is 0 Å². The van der Waals surface area contributed by atoms with Crippen LogP contribution >= 0.6 is 0 Å². The van der Waals surface area contributed by atoms with Gasteiger partial charge in [0, 0.05) is 13.0 Å². The Morgan fingerprint density at radius 1 is 1.00 bits per heavy atom. The van der Waals surface area contributed by atoms with E-state index in [0.29, 0.717) is 30.8 Å². The van der Waals surface area contributed by atoms with Crippen LogP contribution in [0.5, 0.6) is 11.5 Å². The van der Waals surface area contributed by atoms with Crippen LogP contribution in [0.2, 0.25) is 0 Å². The fraction of sp³-hybridized carbons (Fsp3) is 0.333. The van der Waals surface area contributed by atoms with E-state index in [-0.39, 0.29) is 18.4 Å². The van der Waals surface area contributed by atoms with Crippen LogP contribution in [0.25, 0.3) is 0 Å². The number of likely N-dealkylation sites (N-methyl/N-ethyl adjacent to an activating group) is 1. The summed E-state index contributed by atoms with van der Waals surface area (Å²) in [6.45, 7) is 2.35. The quantitative estimate of drug-likeness (QED) is 0.736. The molecular weight excluding hydrogens is 344 g/mol. The highest BCUT2D eigenvalue weighted by atomic mass is 16.5. The fourth-order valence-electron chi connectivity index (χ4n) is 2.69. The van der Waals surface area contributed by atoms with Crippen LogP contribution in [-0.4, -0.2) is 44.0 Å². The largest absolute Gasteiger partial charge is 0.497 e. The van der Waals surface area contributed by atoms with Gasteiger partial charge >= 0.3 is 0 Å². The van der Waals surface area contributed by atoms with Crippen molar-refractivity contribution in [3.05, 3.63) is 54.1 Å². The third kappa shape index (κ3) is 6.02. The van der Waals surface area contributed by atoms with Crippen LogP contribution in [0.1, 0.15) is 18.9 Å². The maximum Gasteiger partial charge on any atom is 0.244 e. The lowest BCUT2D eigenvalue weighted by molar-refractivity contribution is -0.134. The predicted octanol–water partition coefficient (Wildman–Crippen LogP) is 3.12. The van der Waals surface area contributed by atoms with Crippen molar-refractivity contribution in [1.29, 1.82) is 0 Å². The molecule has 0 aromatic heterocycles. The Labute approximate surface area is 160 Å². The van der Waals surface area contributed by atoms with Gasteiger partial charge in [0.2, 0.25) is 11.8 Å². The third-order valence-electron chi connectivity index (χ3n) is 4.24. The molecule has 0 unspecified atom stereocenters. The van der Waals surface area contributed by atoms with E-state index in [2.05, 4.69) is 5.32 Å². The molecule has 2 aromatic rings. The average molecular weight is 370 g/mol. The van der Waals surface area contributed by atoms with Gasteiger partial charge in [-0.15, -0.1) is 0 Å². The molecule has 6 nitrogen and oxygen atoms in total. The SMILES string of the molecule is CCN(CC(=O)Nc1ccccc1OC)C(=O)CCc1ccc(OC)cc1. The van der Waals surface area contributed by atoms with Crippen molar-refractivity contribution in [2.45, 2.75) is 19.8 Å². The Morgan fingerprint density at radius 2 is 1.70 bits per heavy atom. The van der Waals surface area contributed by atoms with E-state index in [1.165, 1.54) is 0 Å². The molecule has 0 aliphatic rings. The molecule has 0 radical (unpaired) electrons. The second kappa shape index (κ2) is 10.2. The number of para-hydroxylation sites is 2. The zero-order valence-electron chi connectivity index (χ0n) is 16.0. The van der Waals surface area contributed by atoms with E-state index in [1.807, 2.05) is 43.3 Å². The summed E-state index contributed by atoms with van der Waals surface area (Å²) in [5.74, 6) is 1.07. The van der Waals surface area contributed by atoms with E-state index in [1.54, 1.807) is 31.3 Å². The maximum atomic E-state index is 12.5. The van der Waals surface area contributed by atoms with E-state index in [0.717, 1.165) is 11.3 Å². The van der Waals surface area contributed by atoms with E-state index < -0.39 is 0 Å². The molecule has 144 valence electrons. The normalized spacial score (nSPS) is 10.2. The topological polar surface area (TPSA) is 67.9 Å². The lowest BCUT2D eigenvalue weighted by Crippen LogP contribution is -2.38. The van der Waals surface area contributed by atoms with E-state index in [9.17, 15) is 9.59 Å². The molecule has 2 aromatic carbocycles. The van der Waals surface area contributed by atoms with E-state index >= 15 is 0 Å². The molecule has 0 aliphatic carbocycles. The Balaban J connectivity index is 1.88. The first-order chi connectivity index (χ1) is 13.1. The van der Waals surface area contributed by atoms with Gasteiger partial charge in [0.25, 0.3) is 0 Å². The maximum absolute atomic E-state index is 12.5. The van der Waals surface area contributed by atoms with Crippen LogP contribution in [-0.2, 0) is 16.0 Å². The molecule has 0 saturated heterocycles. The van der Waals surface area contributed by atoms with Crippen LogP contribution in [0.3, 0.4) is 0 Å². The number of nitrogens with one attached hydrogen (secondary N) is 1. The number of amides is 2. The minimum atomic E-state index is -0.251. The number of nitrogens with zero attached hydrogens (tertiary/aromatic N) is 1. The summed E-state index contributed by atoms with van der Waals surface area (Å²) in [4.78, 5) is 26.4. The summed E-state index contributed by atoms with van der Waals surface area (Å²) in [6, 6.07) is 14.8. The first-order valence-electron chi connectivity index (χ1n) is 8.91. The molecule has 0 atom stereocenters. The highest BCUT2D eigenvalue weighted by Gasteiger charge is 2.16.